The van der Waals surface area contributed by atoms with Crippen LogP contribution in [0.15, 0.2) is 126 Å². The van der Waals surface area contributed by atoms with E-state index in [9.17, 15) is 0 Å². The van der Waals surface area contributed by atoms with E-state index >= 15 is 0 Å². The lowest BCUT2D eigenvalue weighted by molar-refractivity contribution is 0.617. The number of hydrogen-bond donors (Lipinski definition) is 2. The zero-order chi connectivity index (χ0) is 24.9. The summed E-state index contributed by atoms with van der Waals surface area (Å²) < 4.78 is 0. The van der Waals surface area contributed by atoms with E-state index in [-0.39, 0.29) is 11.3 Å². The van der Waals surface area contributed by atoms with Gasteiger partial charge in [-0.1, -0.05) is 91.0 Å². The summed E-state index contributed by atoms with van der Waals surface area (Å²) in [5, 5.41) is 0. The van der Waals surface area contributed by atoms with Gasteiger partial charge in [0.15, 0.2) is 0 Å². The molecule has 3 aliphatic rings. The fourth-order valence-corrected chi connectivity index (χ4v) is 6.37. The fraction of sp³-hybridized carbons (Fsp3) is 0.118. The highest BCUT2D eigenvalue weighted by atomic mass is 14.6. The summed E-state index contributed by atoms with van der Waals surface area (Å²) in [5.74, 6) is 0.182. The molecule has 4 aromatic carbocycles. The van der Waals surface area contributed by atoms with Crippen molar-refractivity contribution in [1.82, 2.24) is 0 Å². The smallest absolute Gasteiger partial charge is 0.0670 e. The molecule has 0 spiro atoms. The number of rotatable bonds is 4. The van der Waals surface area contributed by atoms with Crippen molar-refractivity contribution >= 4 is 16.9 Å². The van der Waals surface area contributed by atoms with Crippen LogP contribution in [0.25, 0.3) is 5.57 Å². The minimum atomic E-state index is -0.371. The summed E-state index contributed by atoms with van der Waals surface area (Å²) in [5.41, 5.74) is 25.1. The molecule has 0 radical (unpaired) electrons. The predicted octanol–water partition coefficient (Wildman–Crippen LogP) is 7.62. The maximum Gasteiger partial charge on any atom is 0.0670 e. The predicted molar refractivity (Wildman–Crippen MR) is 152 cm³/mol. The number of hydrogen-bond acceptors (Lipinski definition) is 2. The lowest BCUT2D eigenvalue weighted by Crippen LogP contribution is -2.42. The molecule has 0 fully saturated rings. The van der Waals surface area contributed by atoms with E-state index in [1.54, 1.807) is 0 Å². The molecule has 0 saturated carbocycles. The average Bonchev–Trinajstić information content (AvgIpc) is 2.91. The van der Waals surface area contributed by atoms with Crippen LogP contribution < -0.4 is 11.5 Å². The van der Waals surface area contributed by atoms with E-state index in [1.807, 2.05) is 24.3 Å². The van der Waals surface area contributed by atoms with E-state index in [0.717, 1.165) is 16.9 Å². The molecule has 0 saturated heterocycles. The first kappa shape index (κ1) is 22.2. The maximum atomic E-state index is 6.14. The largest absolute Gasteiger partial charge is 0.399 e. The minimum Gasteiger partial charge on any atom is -0.399 e. The van der Waals surface area contributed by atoms with Crippen molar-refractivity contribution in [3.05, 3.63) is 160 Å². The third-order valence-electron chi connectivity index (χ3n) is 7.90. The Hall–Kier alpha value is -4.30. The third-order valence-corrected chi connectivity index (χ3v) is 7.90. The van der Waals surface area contributed by atoms with Gasteiger partial charge < -0.3 is 11.5 Å². The van der Waals surface area contributed by atoms with Gasteiger partial charge in [0.05, 0.1) is 5.41 Å². The van der Waals surface area contributed by atoms with Crippen LogP contribution in [0.5, 0.6) is 0 Å². The van der Waals surface area contributed by atoms with Crippen LogP contribution in [-0.2, 0) is 5.41 Å². The Morgan fingerprint density at radius 3 is 1.81 bits per heavy atom. The molecule has 0 aromatic heterocycles. The number of nitrogen functional groups attached to an aromatic ring is 2. The van der Waals surface area contributed by atoms with Gasteiger partial charge in [0.2, 0.25) is 0 Å². The molecule has 0 aliphatic heterocycles. The zero-order valence-electron chi connectivity index (χ0n) is 20.7. The van der Waals surface area contributed by atoms with E-state index < -0.39 is 0 Å². The molecule has 4 N–H and O–H groups in total. The van der Waals surface area contributed by atoms with Crippen LogP contribution in [0.1, 0.15) is 53.1 Å². The van der Waals surface area contributed by atoms with E-state index in [2.05, 4.69) is 105 Å². The molecule has 0 atom stereocenters. The Morgan fingerprint density at radius 1 is 0.722 bits per heavy atom. The number of allylic oxidation sites excluding steroid dienone is 6. The number of benzene rings is 4. The van der Waals surface area contributed by atoms with Crippen molar-refractivity contribution in [2.45, 2.75) is 25.2 Å². The molecule has 2 nitrogen and oxygen atoms in total. The lowest BCUT2D eigenvalue weighted by Gasteiger charge is -2.51. The molecule has 2 bridgehead atoms. The average molecular weight is 467 g/mol. The second-order valence-corrected chi connectivity index (χ2v) is 9.78. The van der Waals surface area contributed by atoms with E-state index in [1.165, 1.54) is 44.5 Å². The molecular weight excluding hydrogens is 436 g/mol. The van der Waals surface area contributed by atoms with Crippen molar-refractivity contribution in [2.24, 2.45) is 0 Å². The van der Waals surface area contributed by atoms with Gasteiger partial charge >= 0.3 is 0 Å². The molecule has 4 aromatic rings. The Labute approximate surface area is 213 Å². The molecule has 7 rings (SSSR count). The second kappa shape index (κ2) is 8.42. The molecule has 0 heterocycles. The summed E-state index contributed by atoms with van der Waals surface area (Å²) >= 11 is 0. The molecule has 2 heteroatoms. The molecule has 0 amide bonds. The van der Waals surface area contributed by atoms with E-state index in [4.69, 9.17) is 11.5 Å². The molecule has 3 aliphatic carbocycles. The van der Waals surface area contributed by atoms with Gasteiger partial charge in [0.1, 0.15) is 0 Å². The van der Waals surface area contributed by atoms with Crippen molar-refractivity contribution in [3.8, 4) is 0 Å². The Balaban J connectivity index is 1.70. The highest BCUT2D eigenvalue weighted by Crippen LogP contribution is 2.61. The lowest BCUT2D eigenvalue weighted by atomic mass is 9.51. The SMILES string of the molecule is C/C=C/C(=C\C1=C(C)C2(c3ccc(N)cc3)c3ccccc3C1c1ccccc12)c1ccc(N)cc1. The van der Waals surface area contributed by atoms with Crippen LogP contribution in [0.4, 0.5) is 11.4 Å². The van der Waals surface area contributed by atoms with Crippen molar-refractivity contribution < 1.29 is 0 Å². The summed E-state index contributed by atoms with van der Waals surface area (Å²) in [6.07, 6.45) is 6.70. The quantitative estimate of drug-likeness (QED) is 0.240. The monoisotopic (exact) mass is 466 g/mol. The first-order valence-electron chi connectivity index (χ1n) is 12.5. The summed E-state index contributed by atoms with van der Waals surface area (Å²) in [7, 11) is 0. The third kappa shape index (κ3) is 3.11. The molecule has 176 valence electrons. The maximum absolute atomic E-state index is 6.14. The topological polar surface area (TPSA) is 52.0 Å². The van der Waals surface area contributed by atoms with Crippen molar-refractivity contribution in [3.63, 3.8) is 0 Å². The normalized spacial score (nSPS) is 20.5. The Kier molecular flexibility index (Phi) is 5.19. The highest BCUT2D eigenvalue weighted by molar-refractivity contribution is 5.82. The van der Waals surface area contributed by atoms with Gasteiger partial charge in [-0.2, -0.15) is 0 Å². The van der Waals surface area contributed by atoms with Crippen LogP contribution in [0.2, 0.25) is 0 Å². The molecule has 36 heavy (non-hydrogen) atoms. The highest BCUT2D eigenvalue weighted by Gasteiger charge is 2.51. The van der Waals surface area contributed by atoms with Gasteiger partial charge in [-0.3, -0.25) is 0 Å². The van der Waals surface area contributed by atoms with Crippen molar-refractivity contribution in [2.75, 3.05) is 11.5 Å². The number of anilines is 2. The van der Waals surface area contributed by atoms with Crippen LogP contribution >= 0.6 is 0 Å². The first-order valence-corrected chi connectivity index (χ1v) is 12.5. The Morgan fingerprint density at radius 2 is 1.25 bits per heavy atom. The summed E-state index contributed by atoms with van der Waals surface area (Å²) in [4.78, 5) is 0. The first-order chi connectivity index (χ1) is 17.6. The standard InChI is InChI=1S/C34H30N2/c1-3-8-24(23-13-17-26(35)18-14-23)21-30-22(2)34(25-15-19-27(36)20-16-25)31-11-6-4-9-28(31)33(30)29-10-5-7-12-32(29)34/h3-21,33H,35-36H2,1-2H3/b8-3+,24-21+. The second-order valence-electron chi connectivity index (χ2n) is 9.78. The van der Waals surface area contributed by atoms with E-state index in [0.29, 0.717) is 0 Å². The molecule has 0 unspecified atom stereocenters. The summed E-state index contributed by atoms with van der Waals surface area (Å²) in [6.45, 7) is 4.39. The fourth-order valence-electron chi connectivity index (χ4n) is 6.37. The van der Waals surface area contributed by atoms with Gasteiger partial charge in [0, 0.05) is 17.3 Å². The zero-order valence-corrected chi connectivity index (χ0v) is 20.7. The Bertz CT molecular complexity index is 1500. The van der Waals surface area contributed by atoms with Gasteiger partial charge in [-0.25, -0.2) is 0 Å². The number of nitrogens with two attached hydrogens (primary N) is 2. The van der Waals surface area contributed by atoms with Crippen molar-refractivity contribution in [1.29, 1.82) is 0 Å². The van der Waals surface area contributed by atoms with Crippen LogP contribution in [0.3, 0.4) is 0 Å². The van der Waals surface area contributed by atoms with Crippen LogP contribution in [-0.4, -0.2) is 0 Å². The van der Waals surface area contributed by atoms with Gasteiger partial charge in [0.25, 0.3) is 0 Å². The summed E-state index contributed by atoms with van der Waals surface area (Å²) in [6, 6.07) is 34.5. The minimum absolute atomic E-state index is 0.182. The van der Waals surface area contributed by atoms with Gasteiger partial charge in [-0.15, -0.1) is 0 Å². The van der Waals surface area contributed by atoms with Gasteiger partial charge in [-0.05, 0) is 88.2 Å². The van der Waals surface area contributed by atoms with Crippen LogP contribution in [0, 0.1) is 0 Å². The molecular formula is C34H30N2.